The topological polar surface area (TPSA) is 17.1 Å². The van der Waals surface area contributed by atoms with E-state index in [0.717, 1.165) is 75.3 Å². The van der Waals surface area contributed by atoms with Crippen LogP contribution in [0.15, 0.2) is 97.1 Å². The second kappa shape index (κ2) is 17.5. The summed E-state index contributed by atoms with van der Waals surface area (Å²) in [5.41, 5.74) is 5.46. The normalized spacial score (nSPS) is 22.2. The molecule has 2 aliphatic carbocycles. The first-order valence-electron chi connectivity index (χ1n) is 18.8. The smallest absolute Gasteiger partial charge is 0.132 e. The molecular formula is C45H50F4O. The fourth-order valence-corrected chi connectivity index (χ4v) is 8.27. The van der Waals surface area contributed by atoms with E-state index in [4.69, 9.17) is 0 Å². The van der Waals surface area contributed by atoms with E-state index in [0.29, 0.717) is 53.4 Å². The highest BCUT2D eigenvalue weighted by Gasteiger charge is 2.25. The molecule has 0 N–H and O–H groups in total. The number of halogens is 4. The van der Waals surface area contributed by atoms with Crippen LogP contribution in [0.25, 0.3) is 0 Å². The Morgan fingerprint density at radius 3 is 1.18 bits per heavy atom. The quantitative estimate of drug-likeness (QED) is 0.121. The van der Waals surface area contributed by atoms with Gasteiger partial charge < -0.3 is 0 Å². The van der Waals surface area contributed by atoms with Crippen LogP contribution in [0.4, 0.5) is 17.6 Å². The summed E-state index contributed by atoms with van der Waals surface area (Å²) < 4.78 is 56.1. The third kappa shape index (κ3) is 10.2. The molecule has 0 aromatic heterocycles. The Bertz CT molecular complexity index is 1490. The van der Waals surface area contributed by atoms with E-state index in [2.05, 4.69) is 24.3 Å². The molecule has 6 rings (SSSR count). The van der Waals surface area contributed by atoms with E-state index in [9.17, 15) is 22.4 Å². The van der Waals surface area contributed by atoms with Gasteiger partial charge in [0.1, 0.15) is 29.8 Å². The van der Waals surface area contributed by atoms with Crippen LogP contribution in [0.3, 0.4) is 0 Å². The molecular weight excluding hydrogens is 632 g/mol. The van der Waals surface area contributed by atoms with Gasteiger partial charge in [0.2, 0.25) is 0 Å². The Kier molecular flexibility index (Phi) is 12.6. The molecule has 2 aliphatic rings. The highest BCUT2D eigenvalue weighted by Crippen LogP contribution is 2.40. The zero-order valence-electron chi connectivity index (χ0n) is 29.0. The van der Waals surface area contributed by atoms with Crippen molar-refractivity contribution in [3.8, 4) is 0 Å². The van der Waals surface area contributed by atoms with Crippen molar-refractivity contribution in [3.63, 3.8) is 0 Å². The van der Waals surface area contributed by atoms with Gasteiger partial charge in [0.25, 0.3) is 0 Å². The molecule has 0 saturated heterocycles. The van der Waals surface area contributed by atoms with Crippen LogP contribution in [-0.2, 0) is 17.6 Å². The lowest BCUT2D eigenvalue weighted by molar-refractivity contribution is -0.119. The Balaban J connectivity index is 0.848. The maximum atomic E-state index is 14.9. The number of rotatable bonds is 14. The molecule has 2 unspecified atom stereocenters. The van der Waals surface area contributed by atoms with Crippen molar-refractivity contribution in [1.82, 2.24) is 0 Å². The molecule has 264 valence electrons. The predicted octanol–water partition coefficient (Wildman–Crippen LogP) is 12.8. The third-order valence-electron chi connectivity index (χ3n) is 11.6. The minimum absolute atomic E-state index is 0.243. The SMILES string of the molecule is O=C(CCC1CCC(c2ccc(C(F)Cc3ccc(F)cc3)cc2)CC1)CC[C@H]1CC[C@H](c2ccc(C(F)Cc3ccc(F)cc3)cc2)CC1. The molecule has 0 amide bonds. The largest absolute Gasteiger partial charge is 0.300 e. The second-order valence-corrected chi connectivity index (χ2v) is 15.0. The molecule has 4 aromatic rings. The maximum absolute atomic E-state index is 14.9. The number of hydrogen-bond acceptors (Lipinski definition) is 1. The van der Waals surface area contributed by atoms with Gasteiger partial charge in [-0.1, -0.05) is 72.8 Å². The van der Waals surface area contributed by atoms with Gasteiger partial charge >= 0.3 is 0 Å². The molecule has 2 saturated carbocycles. The van der Waals surface area contributed by atoms with E-state index in [-0.39, 0.29) is 24.5 Å². The Labute approximate surface area is 295 Å². The van der Waals surface area contributed by atoms with Gasteiger partial charge in [-0.15, -0.1) is 0 Å². The lowest BCUT2D eigenvalue weighted by Gasteiger charge is -2.29. The molecule has 0 spiro atoms. The molecule has 0 radical (unpaired) electrons. The highest BCUT2D eigenvalue weighted by molar-refractivity contribution is 5.78. The van der Waals surface area contributed by atoms with E-state index in [1.807, 2.05) is 24.3 Å². The molecule has 0 bridgehead atoms. The van der Waals surface area contributed by atoms with Crippen molar-refractivity contribution >= 4 is 5.78 Å². The predicted molar refractivity (Wildman–Crippen MR) is 194 cm³/mol. The van der Waals surface area contributed by atoms with Crippen LogP contribution in [0.5, 0.6) is 0 Å². The summed E-state index contributed by atoms with van der Waals surface area (Å²) >= 11 is 0. The van der Waals surface area contributed by atoms with Crippen molar-refractivity contribution in [1.29, 1.82) is 0 Å². The lowest BCUT2D eigenvalue weighted by Crippen LogP contribution is -2.16. The van der Waals surface area contributed by atoms with Crippen molar-refractivity contribution < 1.29 is 22.4 Å². The zero-order chi connectivity index (χ0) is 34.9. The Morgan fingerprint density at radius 2 is 0.840 bits per heavy atom. The van der Waals surface area contributed by atoms with Gasteiger partial charge in [-0.25, -0.2) is 17.6 Å². The number of carbonyl (C=O) groups is 1. The van der Waals surface area contributed by atoms with Crippen molar-refractivity contribution in [3.05, 3.63) is 142 Å². The molecule has 1 nitrogen and oxygen atoms in total. The van der Waals surface area contributed by atoms with Crippen LogP contribution < -0.4 is 0 Å². The van der Waals surface area contributed by atoms with Gasteiger partial charge in [0.05, 0.1) is 0 Å². The first-order valence-corrected chi connectivity index (χ1v) is 18.8. The van der Waals surface area contributed by atoms with Crippen LogP contribution in [0.2, 0.25) is 0 Å². The van der Waals surface area contributed by atoms with Crippen molar-refractivity contribution in [2.45, 2.75) is 114 Å². The zero-order valence-corrected chi connectivity index (χ0v) is 29.0. The minimum atomic E-state index is -1.11. The van der Waals surface area contributed by atoms with Gasteiger partial charge in [-0.2, -0.15) is 0 Å². The molecule has 0 heterocycles. The van der Waals surface area contributed by atoms with E-state index in [1.54, 1.807) is 24.3 Å². The van der Waals surface area contributed by atoms with Gasteiger partial charge in [0.15, 0.2) is 0 Å². The monoisotopic (exact) mass is 682 g/mol. The van der Waals surface area contributed by atoms with Gasteiger partial charge in [0, 0.05) is 25.7 Å². The van der Waals surface area contributed by atoms with Gasteiger partial charge in [-0.05, 0) is 146 Å². The number of carbonyl (C=O) groups excluding carboxylic acids is 1. The molecule has 50 heavy (non-hydrogen) atoms. The number of hydrogen-bond donors (Lipinski definition) is 0. The minimum Gasteiger partial charge on any atom is -0.300 e. The van der Waals surface area contributed by atoms with E-state index < -0.39 is 12.3 Å². The summed E-state index contributed by atoms with van der Waals surface area (Å²) in [7, 11) is 0. The number of ketones is 1. The maximum Gasteiger partial charge on any atom is 0.132 e. The van der Waals surface area contributed by atoms with Crippen LogP contribution >= 0.6 is 0 Å². The lowest BCUT2D eigenvalue weighted by atomic mass is 9.76. The number of alkyl halides is 2. The van der Waals surface area contributed by atoms with E-state index in [1.165, 1.54) is 35.4 Å². The summed E-state index contributed by atoms with van der Waals surface area (Å²) in [6.07, 6.45) is 10.6. The van der Waals surface area contributed by atoms with Crippen molar-refractivity contribution in [2.75, 3.05) is 0 Å². The number of benzene rings is 4. The summed E-state index contributed by atoms with van der Waals surface area (Å²) in [5.74, 6) is 2.00. The number of Topliss-reactive ketones (excluding diaryl/α,β-unsaturated/α-hetero) is 1. The summed E-state index contributed by atoms with van der Waals surface area (Å²) in [4.78, 5) is 12.8. The molecule has 0 aliphatic heterocycles. The fraction of sp³-hybridized carbons (Fsp3) is 0.444. The standard InChI is InChI=1S/C45H50F4O/c46-41-23-5-33(6-24-41)29-44(48)39-19-15-37(16-20-39)35-11-1-31(2-12-35)9-27-43(50)28-10-32-3-13-36(14-4-32)38-17-21-40(22-18-38)45(49)30-34-7-25-42(47)26-8-34/h5-8,15-26,31-32,35-36,44-45H,1-4,9-14,27-30H2/t31-,32?,35-,36?,44?,45?. The fourth-order valence-electron chi connectivity index (χ4n) is 8.27. The van der Waals surface area contributed by atoms with E-state index >= 15 is 0 Å². The first-order chi connectivity index (χ1) is 24.3. The Morgan fingerprint density at radius 1 is 0.500 bits per heavy atom. The Hall–Kier alpha value is -3.73. The molecule has 2 fully saturated rings. The van der Waals surface area contributed by atoms with Crippen LogP contribution in [-0.4, -0.2) is 5.78 Å². The average molecular weight is 683 g/mol. The van der Waals surface area contributed by atoms with Crippen LogP contribution in [0.1, 0.15) is 135 Å². The molecule has 2 atom stereocenters. The van der Waals surface area contributed by atoms with Gasteiger partial charge in [-0.3, -0.25) is 4.79 Å². The first kappa shape index (κ1) is 36.1. The molecule has 4 aromatic carbocycles. The van der Waals surface area contributed by atoms with Crippen molar-refractivity contribution in [2.24, 2.45) is 11.8 Å². The summed E-state index contributed by atoms with van der Waals surface area (Å²) in [6.45, 7) is 0. The summed E-state index contributed by atoms with van der Waals surface area (Å²) in [5, 5.41) is 0. The second-order valence-electron chi connectivity index (χ2n) is 15.0. The molecule has 5 heteroatoms. The third-order valence-corrected chi connectivity index (χ3v) is 11.6. The summed E-state index contributed by atoms with van der Waals surface area (Å²) in [6, 6.07) is 28.0. The average Bonchev–Trinajstić information content (AvgIpc) is 3.15. The van der Waals surface area contributed by atoms with Crippen LogP contribution in [0, 0.1) is 23.5 Å². The highest BCUT2D eigenvalue weighted by atomic mass is 19.1.